The first kappa shape index (κ1) is 15.5. The highest BCUT2D eigenvalue weighted by atomic mass is 16.7. The Morgan fingerprint density at radius 1 is 0.957 bits per heavy atom. The van der Waals surface area contributed by atoms with Gasteiger partial charge in [0.25, 0.3) is 0 Å². The molecule has 0 heterocycles. The molecule has 1 aromatic rings. The van der Waals surface area contributed by atoms with Gasteiger partial charge in [0.1, 0.15) is 5.75 Å². The fourth-order valence-electron chi connectivity index (χ4n) is 5.46. The van der Waals surface area contributed by atoms with Crippen LogP contribution in [0, 0.1) is 23.7 Å². The van der Waals surface area contributed by atoms with Crippen molar-refractivity contribution in [3.8, 4) is 5.75 Å². The molecule has 4 fully saturated rings. The van der Waals surface area contributed by atoms with Crippen molar-refractivity contribution in [2.24, 2.45) is 23.7 Å². The molecule has 0 N–H and O–H groups in total. The van der Waals surface area contributed by atoms with Crippen molar-refractivity contribution in [3.63, 3.8) is 0 Å². The third kappa shape index (κ3) is 3.15. The summed E-state index contributed by atoms with van der Waals surface area (Å²) in [4.78, 5) is 0. The lowest BCUT2D eigenvalue weighted by Gasteiger charge is -2.53. The molecule has 0 aliphatic heterocycles. The first-order valence-electron chi connectivity index (χ1n) is 9.57. The second-order valence-corrected chi connectivity index (χ2v) is 8.20. The van der Waals surface area contributed by atoms with Crippen LogP contribution in [0.5, 0.6) is 5.75 Å². The molecule has 0 amide bonds. The molecular weight excluding hydrogens is 284 g/mol. The summed E-state index contributed by atoms with van der Waals surface area (Å²) in [5.41, 5.74) is 1.39. The second-order valence-electron chi connectivity index (χ2n) is 8.20. The van der Waals surface area contributed by atoms with Crippen LogP contribution in [-0.4, -0.2) is 12.9 Å². The molecule has 0 saturated heterocycles. The normalized spacial score (nSPS) is 36.2. The van der Waals surface area contributed by atoms with Gasteiger partial charge in [-0.15, -0.1) is 0 Å². The van der Waals surface area contributed by atoms with Gasteiger partial charge < -0.3 is 9.47 Å². The third-order valence-electron chi connectivity index (χ3n) is 6.69. The minimum atomic E-state index is 0.412. The van der Waals surface area contributed by atoms with Gasteiger partial charge in [-0.05, 0) is 85.8 Å². The predicted molar refractivity (Wildman–Crippen MR) is 92.6 cm³/mol. The van der Waals surface area contributed by atoms with Gasteiger partial charge in [-0.2, -0.15) is 0 Å². The van der Waals surface area contributed by atoms with Crippen molar-refractivity contribution in [2.45, 2.75) is 64.4 Å². The van der Waals surface area contributed by atoms with E-state index in [9.17, 15) is 0 Å². The molecule has 4 aliphatic rings. The van der Waals surface area contributed by atoms with E-state index in [2.05, 4.69) is 38.1 Å². The van der Waals surface area contributed by atoms with Crippen molar-refractivity contribution in [1.82, 2.24) is 0 Å². The molecule has 1 unspecified atom stereocenters. The second kappa shape index (κ2) is 6.47. The third-order valence-corrected chi connectivity index (χ3v) is 6.69. The standard InChI is InChI=1S/C21H30O2/c1-3-14(2)17-4-6-20(7-5-17)22-13-23-21-18-9-15-8-16(11-18)12-19(21)10-15/h4-7,14-16,18-19,21H,3,8-13H2,1-2H3. The van der Waals surface area contributed by atoms with Gasteiger partial charge in [-0.25, -0.2) is 0 Å². The lowest BCUT2D eigenvalue weighted by molar-refractivity contribution is -0.155. The molecule has 126 valence electrons. The lowest BCUT2D eigenvalue weighted by atomic mass is 9.55. The summed E-state index contributed by atoms with van der Waals surface area (Å²) in [6.07, 6.45) is 8.75. The van der Waals surface area contributed by atoms with E-state index >= 15 is 0 Å². The summed E-state index contributed by atoms with van der Waals surface area (Å²) in [7, 11) is 0. The fourth-order valence-corrected chi connectivity index (χ4v) is 5.46. The Bertz CT molecular complexity index is 493. The zero-order valence-electron chi connectivity index (χ0n) is 14.5. The quantitative estimate of drug-likeness (QED) is 0.656. The fraction of sp³-hybridized carbons (Fsp3) is 0.714. The van der Waals surface area contributed by atoms with Gasteiger partial charge in [-0.3, -0.25) is 0 Å². The largest absolute Gasteiger partial charge is 0.468 e. The Labute approximate surface area is 140 Å². The molecule has 2 heteroatoms. The maximum absolute atomic E-state index is 6.20. The van der Waals surface area contributed by atoms with Crippen molar-refractivity contribution < 1.29 is 9.47 Å². The molecule has 0 radical (unpaired) electrons. The smallest absolute Gasteiger partial charge is 0.189 e. The van der Waals surface area contributed by atoms with Crippen LogP contribution in [0.1, 0.15) is 63.9 Å². The average Bonchev–Trinajstić information content (AvgIpc) is 2.56. The van der Waals surface area contributed by atoms with Gasteiger partial charge in [-0.1, -0.05) is 26.0 Å². The summed E-state index contributed by atoms with van der Waals surface area (Å²) in [5, 5.41) is 0. The maximum atomic E-state index is 6.20. The Hall–Kier alpha value is -1.02. The minimum Gasteiger partial charge on any atom is -0.468 e. The molecule has 4 aliphatic carbocycles. The topological polar surface area (TPSA) is 18.5 Å². The first-order chi connectivity index (χ1) is 11.2. The molecule has 5 rings (SSSR count). The highest BCUT2D eigenvalue weighted by Gasteiger charge is 2.48. The predicted octanol–water partition coefficient (Wildman–Crippen LogP) is 5.38. The van der Waals surface area contributed by atoms with Crippen LogP contribution in [0.3, 0.4) is 0 Å². The zero-order valence-corrected chi connectivity index (χ0v) is 14.5. The van der Waals surface area contributed by atoms with E-state index in [-0.39, 0.29) is 0 Å². The molecule has 0 aromatic heterocycles. The molecular formula is C21H30O2. The molecule has 4 saturated carbocycles. The molecule has 0 spiro atoms. The molecule has 4 bridgehead atoms. The van der Waals surface area contributed by atoms with Gasteiger partial charge in [0.2, 0.25) is 0 Å². The van der Waals surface area contributed by atoms with E-state index in [1.54, 1.807) is 0 Å². The van der Waals surface area contributed by atoms with Gasteiger partial charge in [0.05, 0.1) is 6.10 Å². The highest BCUT2D eigenvalue weighted by molar-refractivity contribution is 5.29. The van der Waals surface area contributed by atoms with Crippen LogP contribution < -0.4 is 4.74 Å². The van der Waals surface area contributed by atoms with Crippen LogP contribution in [0.2, 0.25) is 0 Å². The van der Waals surface area contributed by atoms with E-state index in [1.807, 2.05) is 0 Å². The summed E-state index contributed by atoms with van der Waals surface area (Å²) < 4.78 is 12.1. The van der Waals surface area contributed by atoms with Crippen LogP contribution >= 0.6 is 0 Å². The summed E-state index contributed by atoms with van der Waals surface area (Å²) in [5.74, 6) is 5.18. The van der Waals surface area contributed by atoms with Crippen molar-refractivity contribution in [3.05, 3.63) is 29.8 Å². The van der Waals surface area contributed by atoms with Crippen LogP contribution in [0.4, 0.5) is 0 Å². The Kier molecular flexibility index (Phi) is 4.36. The molecule has 1 aromatic carbocycles. The van der Waals surface area contributed by atoms with Gasteiger partial charge in [0.15, 0.2) is 6.79 Å². The van der Waals surface area contributed by atoms with Crippen molar-refractivity contribution in [2.75, 3.05) is 6.79 Å². The maximum Gasteiger partial charge on any atom is 0.189 e. The number of benzene rings is 1. The first-order valence-corrected chi connectivity index (χ1v) is 9.57. The molecule has 2 nitrogen and oxygen atoms in total. The number of rotatable bonds is 6. The Morgan fingerprint density at radius 3 is 2.13 bits per heavy atom. The average molecular weight is 314 g/mol. The lowest BCUT2D eigenvalue weighted by Crippen LogP contribution is -2.49. The van der Waals surface area contributed by atoms with Crippen molar-refractivity contribution >= 4 is 0 Å². The van der Waals surface area contributed by atoms with E-state index in [0.717, 1.165) is 29.4 Å². The zero-order chi connectivity index (χ0) is 15.8. The summed E-state index contributed by atoms with van der Waals surface area (Å²) >= 11 is 0. The van der Waals surface area contributed by atoms with Gasteiger partial charge >= 0.3 is 0 Å². The van der Waals surface area contributed by atoms with Crippen LogP contribution in [0.15, 0.2) is 24.3 Å². The Balaban J connectivity index is 1.29. The number of ether oxygens (including phenoxy) is 2. The van der Waals surface area contributed by atoms with E-state index < -0.39 is 0 Å². The van der Waals surface area contributed by atoms with E-state index in [0.29, 0.717) is 18.8 Å². The highest BCUT2D eigenvalue weighted by Crippen LogP contribution is 2.54. The van der Waals surface area contributed by atoms with Gasteiger partial charge in [0, 0.05) is 0 Å². The van der Waals surface area contributed by atoms with E-state index in [1.165, 1.54) is 44.1 Å². The molecule has 1 atom stereocenters. The number of hydrogen-bond acceptors (Lipinski definition) is 2. The van der Waals surface area contributed by atoms with E-state index in [4.69, 9.17) is 9.47 Å². The van der Waals surface area contributed by atoms with Crippen LogP contribution in [-0.2, 0) is 4.74 Å². The SMILES string of the molecule is CCC(C)c1ccc(OCOC2C3CC4CC(C3)CC2C4)cc1. The summed E-state index contributed by atoms with van der Waals surface area (Å²) in [6, 6.07) is 8.54. The monoisotopic (exact) mass is 314 g/mol. The molecule has 23 heavy (non-hydrogen) atoms. The van der Waals surface area contributed by atoms with Crippen molar-refractivity contribution in [1.29, 1.82) is 0 Å². The Morgan fingerprint density at radius 2 is 1.57 bits per heavy atom. The minimum absolute atomic E-state index is 0.412. The number of hydrogen-bond donors (Lipinski definition) is 0. The summed E-state index contributed by atoms with van der Waals surface area (Å²) in [6.45, 7) is 4.91. The van der Waals surface area contributed by atoms with Crippen LogP contribution in [0.25, 0.3) is 0 Å².